The number of ether oxygens (including phenoxy) is 1. The standard InChI is InChI=1S/C27H31ClN4O4S/c28-22-7-6-21(37-22)24(33)29-20-8-12-31-23(20)25(34)32(26(31)35)19-4-2-18(3-5-19)27(9-1-10-27)11-13-30-14-16-36-17-15-30/h2-7,20,34H,1,8-17H2,(H,29,33)/t20-/m1/s1. The molecule has 2 N–H and O–H groups in total. The van der Waals surface area contributed by atoms with Crippen molar-refractivity contribution < 1.29 is 14.6 Å². The third-order valence-electron chi connectivity index (χ3n) is 8.29. The Morgan fingerprint density at radius 3 is 2.54 bits per heavy atom. The maximum atomic E-state index is 13.2. The third-order valence-corrected chi connectivity index (χ3v) is 9.52. The number of nitrogens with one attached hydrogen (secondary N) is 1. The van der Waals surface area contributed by atoms with E-state index in [1.165, 1.54) is 40.7 Å². The van der Waals surface area contributed by atoms with E-state index in [4.69, 9.17) is 16.3 Å². The van der Waals surface area contributed by atoms with Gasteiger partial charge in [-0.3, -0.25) is 14.3 Å². The van der Waals surface area contributed by atoms with Crippen molar-refractivity contribution in [2.24, 2.45) is 0 Å². The van der Waals surface area contributed by atoms with Gasteiger partial charge in [0, 0.05) is 19.6 Å². The number of morpholine rings is 1. The lowest BCUT2D eigenvalue weighted by Gasteiger charge is -2.44. The highest BCUT2D eigenvalue weighted by atomic mass is 35.5. The van der Waals surface area contributed by atoms with E-state index in [0.717, 1.165) is 39.3 Å². The molecule has 10 heteroatoms. The van der Waals surface area contributed by atoms with Crippen molar-refractivity contribution in [1.82, 2.24) is 19.4 Å². The van der Waals surface area contributed by atoms with E-state index >= 15 is 0 Å². The highest BCUT2D eigenvalue weighted by molar-refractivity contribution is 7.18. The highest BCUT2D eigenvalue weighted by Crippen LogP contribution is 2.47. The van der Waals surface area contributed by atoms with E-state index in [1.54, 1.807) is 16.7 Å². The first-order valence-corrected chi connectivity index (χ1v) is 14.2. The predicted molar refractivity (Wildman–Crippen MR) is 143 cm³/mol. The molecule has 0 radical (unpaired) electrons. The van der Waals surface area contributed by atoms with Crippen molar-refractivity contribution >= 4 is 28.8 Å². The van der Waals surface area contributed by atoms with Crippen LogP contribution in [0.3, 0.4) is 0 Å². The molecule has 8 nitrogen and oxygen atoms in total. The van der Waals surface area contributed by atoms with Crippen molar-refractivity contribution in [1.29, 1.82) is 0 Å². The monoisotopic (exact) mass is 542 g/mol. The quantitative estimate of drug-likeness (QED) is 0.470. The highest BCUT2D eigenvalue weighted by Gasteiger charge is 2.39. The van der Waals surface area contributed by atoms with Gasteiger partial charge in [0.2, 0.25) is 5.88 Å². The summed E-state index contributed by atoms with van der Waals surface area (Å²) in [5.74, 6) is -0.377. The number of rotatable bonds is 7. The fourth-order valence-corrected chi connectivity index (χ4v) is 6.94. The van der Waals surface area contributed by atoms with Gasteiger partial charge in [0.15, 0.2) is 0 Å². The van der Waals surface area contributed by atoms with Crippen LogP contribution in [0.25, 0.3) is 5.69 Å². The van der Waals surface area contributed by atoms with Crippen molar-refractivity contribution in [2.75, 3.05) is 32.8 Å². The van der Waals surface area contributed by atoms with Crippen LogP contribution in [-0.4, -0.2) is 57.9 Å². The summed E-state index contributed by atoms with van der Waals surface area (Å²) in [5.41, 5.74) is 2.28. The first-order chi connectivity index (χ1) is 17.9. The molecule has 0 spiro atoms. The maximum Gasteiger partial charge on any atom is 0.335 e. The van der Waals surface area contributed by atoms with Gasteiger partial charge in [-0.05, 0) is 67.5 Å². The number of aromatic hydroxyl groups is 1. The third kappa shape index (κ3) is 4.52. The van der Waals surface area contributed by atoms with Gasteiger partial charge in [-0.15, -0.1) is 11.3 Å². The number of aromatic nitrogens is 2. The van der Waals surface area contributed by atoms with Crippen molar-refractivity contribution in [3.63, 3.8) is 0 Å². The van der Waals surface area contributed by atoms with Crippen LogP contribution in [0.4, 0.5) is 0 Å². The summed E-state index contributed by atoms with van der Waals surface area (Å²) in [6.45, 7) is 5.14. The van der Waals surface area contributed by atoms with Gasteiger partial charge in [-0.1, -0.05) is 30.2 Å². The van der Waals surface area contributed by atoms with Crippen LogP contribution >= 0.6 is 22.9 Å². The summed E-state index contributed by atoms with van der Waals surface area (Å²) in [4.78, 5) is 28.9. The van der Waals surface area contributed by atoms with Crippen molar-refractivity contribution in [2.45, 2.75) is 50.1 Å². The number of nitrogens with zero attached hydrogens (tertiary/aromatic N) is 3. The number of amides is 1. The van der Waals surface area contributed by atoms with E-state index in [9.17, 15) is 14.7 Å². The summed E-state index contributed by atoms with van der Waals surface area (Å²) in [5, 5.41) is 14.1. The Morgan fingerprint density at radius 1 is 1.14 bits per heavy atom. The topological polar surface area (TPSA) is 88.7 Å². The average molecular weight is 543 g/mol. The number of benzene rings is 1. The molecule has 0 bridgehead atoms. The van der Waals surface area contributed by atoms with E-state index in [2.05, 4.69) is 22.3 Å². The fraction of sp³-hybridized carbons (Fsp3) is 0.481. The molecule has 37 heavy (non-hydrogen) atoms. The second kappa shape index (κ2) is 9.94. The zero-order valence-electron chi connectivity index (χ0n) is 20.6. The minimum absolute atomic E-state index is 0.115. The number of fused-ring (bicyclic) bond motifs is 1. The molecular weight excluding hydrogens is 512 g/mol. The van der Waals surface area contributed by atoms with Crippen LogP contribution in [-0.2, 0) is 16.7 Å². The second-order valence-corrected chi connectivity index (χ2v) is 12.0. The van der Waals surface area contributed by atoms with Gasteiger partial charge >= 0.3 is 5.69 Å². The van der Waals surface area contributed by atoms with Gasteiger partial charge in [0.1, 0.15) is 5.69 Å². The first-order valence-electron chi connectivity index (χ1n) is 13.0. The molecule has 1 saturated carbocycles. The molecule has 4 heterocycles. The SMILES string of the molecule is O=C(N[C@@H]1CCn2c1c(O)n(-c1ccc(C3(CCN4CCOCC4)CCC3)cc1)c2=O)c1ccc(Cl)s1. The van der Waals surface area contributed by atoms with E-state index in [-0.39, 0.29) is 22.9 Å². The Hall–Kier alpha value is -2.59. The lowest BCUT2D eigenvalue weighted by molar-refractivity contribution is 0.0311. The van der Waals surface area contributed by atoms with Gasteiger partial charge < -0.3 is 15.2 Å². The molecule has 2 aliphatic heterocycles. The van der Waals surface area contributed by atoms with E-state index in [0.29, 0.717) is 33.6 Å². The minimum Gasteiger partial charge on any atom is -0.493 e. The van der Waals surface area contributed by atoms with Crippen LogP contribution in [0.5, 0.6) is 5.88 Å². The van der Waals surface area contributed by atoms with Crippen LogP contribution in [0.2, 0.25) is 4.34 Å². The van der Waals surface area contributed by atoms with Crippen molar-refractivity contribution in [3.05, 3.63) is 67.4 Å². The number of hydrogen-bond donors (Lipinski definition) is 2. The summed E-state index contributed by atoms with van der Waals surface area (Å²) in [6, 6.07) is 11.0. The second-order valence-electron chi connectivity index (χ2n) is 10.3. The van der Waals surface area contributed by atoms with Crippen molar-refractivity contribution in [3.8, 4) is 11.6 Å². The lowest BCUT2D eigenvalue weighted by Crippen LogP contribution is -2.42. The largest absolute Gasteiger partial charge is 0.493 e. The summed E-state index contributed by atoms with van der Waals surface area (Å²) < 4.78 is 8.93. The molecule has 1 saturated heterocycles. The molecule has 2 aromatic heterocycles. The van der Waals surface area contributed by atoms with Crippen LogP contribution in [0.1, 0.15) is 59.1 Å². The summed E-state index contributed by atoms with van der Waals surface area (Å²) in [7, 11) is 0. The predicted octanol–water partition coefficient (Wildman–Crippen LogP) is 4.08. The molecule has 1 atom stereocenters. The molecule has 1 amide bonds. The van der Waals surface area contributed by atoms with Crippen LogP contribution in [0, 0.1) is 0 Å². The summed E-state index contributed by atoms with van der Waals surface area (Å²) in [6.07, 6.45) is 5.27. The maximum absolute atomic E-state index is 13.2. The van der Waals surface area contributed by atoms with Gasteiger partial charge in [0.05, 0.1) is 34.2 Å². The molecular formula is C27H31ClN4O4S. The molecule has 1 aliphatic carbocycles. The number of hydrogen-bond acceptors (Lipinski definition) is 6. The van der Waals surface area contributed by atoms with Gasteiger partial charge in [-0.2, -0.15) is 0 Å². The van der Waals surface area contributed by atoms with E-state index < -0.39 is 6.04 Å². The normalized spacial score (nSPS) is 20.9. The zero-order valence-corrected chi connectivity index (χ0v) is 22.2. The Bertz CT molecular complexity index is 1350. The van der Waals surface area contributed by atoms with Crippen LogP contribution < -0.4 is 11.0 Å². The zero-order chi connectivity index (χ0) is 25.6. The Morgan fingerprint density at radius 2 is 1.89 bits per heavy atom. The molecule has 1 aromatic carbocycles. The molecule has 3 aromatic rings. The lowest BCUT2D eigenvalue weighted by atomic mass is 9.62. The smallest absolute Gasteiger partial charge is 0.335 e. The molecule has 3 aliphatic rings. The Labute approximate surface area is 224 Å². The van der Waals surface area contributed by atoms with Crippen LogP contribution in [0.15, 0.2) is 41.2 Å². The fourth-order valence-electron chi connectivity index (χ4n) is 5.99. The van der Waals surface area contributed by atoms with Gasteiger partial charge in [0.25, 0.3) is 5.91 Å². The number of carbonyl (C=O) groups excluding carboxylic acids is 1. The first kappa shape index (κ1) is 24.7. The number of carbonyl (C=O) groups is 1. The molecule has 6 rings (SSSR count). The average Bonchev–Trinajstić information content (AvgIpc) is 3.57. The molecule has 2 fully saturated rings. The number of halogens is 1. The van der Waals surface area contributed by atoms with E-state index in [1.807, 2.05) is 12.1 Å². The van der Waals surface area contributed by atoms with Gasteiger partial charge in [-0.25, -0.2) is 9.36 Å². The Balaban J connectivity index is 1.21. The molecule has 196 valence electrons. The number of imidazole rings is 1. The Kier molecular flexibility index (Phi) is 6.65. The summed E-state index contributed by atoms with van der Waals surface area (Å²) >= 11 is 7.17. The minimum atomic E-state index is -0.444. The number of thiophene rings is 1. The molecule has 0 unspecified atom stereocenters.